The molecule has 0 saturated heterocycles. The Bertz CT molecular complexity index is 1360. The molecule has 6 heteroatoms. The normalized spacial score (nSPS) is 12.7. The number of unbranched alkanes of at least 4 members (excludes halogenated alkanes) is 55. The summed E-state index contributed by atoms with van der Waals surface area (Å²) < 4.78 is 5.48. The van der Waals surface area contributed by atoms with Crippen LogP contribution in [0.2, 0.25) is 0 Å². The van der Waals surface area contributed by atoms with Crippen LogP contribution in [0.3, 0.4) is 0 Å². The molecule has 496 valence electrons. The van der Waals surface area contributed by atoms with Gasteiger partial charge in [0.15, 0.2) is 0 Å². The molecular weight excluding hydrogens is 1030 g/mol. The van der Waals surface area contributed by atoms with E-state index in [4.69, 9.17) is 4.74 Å². The molecule has 0 saturated carbocycles. The highest BCUT2D eigenvalue weighted by Gasteiger charge is 2.20. The number of hydrogen-bond acceptors (Lipinski definition) is 5. The molecule has 0 aliphatic carbocycles. The SMILES string of the molecule is CCCCCC/C=C\CCCCCCCC(=O)OCCCCCCCCCCC/C=C\C/C=C\CCCCCCCCCCCCCCCCCCCC(=O)NC(CO)C(O)CCCCCCCCCCCCCCCCCCCCCCC. The summed E-state index contributed by atoms with van der Waals surface area (Å²) in [4.78, 5) is 24.6. The van der Waals surface area contributed by atoms with Crippen LogP contribution in [-0.2, 0) is 14.3 Å². The molecule has 0 aliphatic heterocycles. The summed E-state index contributed by atoms with van der Waals surface area (Å²) >= 11 is 0. The number of aliphatic hydroxyl groups is 2. The van der Waals surface area contributed by atoms with Crippen molar-refractivity contribution in [3.63, 3.8) is 0 Å². The van der Waals surface area contributed by atoms with Crippen molar-refractivity contribution in [1.82, 2.24) is 5.32 Å². The van der Waals surface area contributed by atoms with Crippen molar-refractivity contribution < 1.29 is 24.5 Å². The van der Waals surface area contributed by atoms with E-state index in [1.807, 2.05) is 0 Å². The summed E-state index contributed by atoms with van der Waals surface area (Å²) in [5.74, 6) is -0.0230. The highest BCUT2D eigenvalue weighted by atomic mass is 16.5. The number of allylic oxidation sites excluding steroid dienone is 6. The molecule has 0 heterocycles. The molecule has 84 heavy (non-hydrogen) atoms. The number of rotatable bonds is 72. The second-order valence-corrected chi connectivity index (χ2v) is 26.3. The number of hydrogen-bond donors (Lipinski definition) is 3. The molecule has 0 aliphatic rings. The van der Waals surface area contributed by atoms with E-state index in [1.54, 1.807) is 0 Å². The van der Waals surface area contributed by atoms with Gasteiger partial charge in [0, 0.05) is 12.8 Å². The summed E-state index contributed by atoms with van der Waals surface area (Å²) in [5.41, 5.74) is 0. The van der Waals surface area contributed by atoms with Crippen molar-refractivity contribution in [2.75, 3.05) is 13.2 Å². The highest BCUT2D eigenvalue weighted by molar-refractivity contribution is 5.76. The molecule has 0 aromatic heterocycles. The van der Waals surface area contributed by atoms with Gasteiger partial charge in [0.05, 0.1) is 25.4 Å². The first kappa shape index (κ1) is 82.1. The third-order valence-electron chi connectivity index (χ3n) is 17.9. The van der Waals surface area contributed by atoms with Crippen LogP contribution in [0.4, 0.5) is 0 Å². The largest absolute Gasteiger partial charge is 0.466 e. The average molecular weight is 1180 g/mol. The van der Waals surface area contributed by atoms with Gasteiger partial charge in [-0.3, -0.25) is 9.59 Å². The smallest absolute Gasteiger partial charge is 0.305 e. The van der Waals surface area contributed by atoms with Gasteiger partial charge in [-0.25, -0.2) is 0 Å². The van der Waals surface area contributed by atoms with E-state index in [1.165, 1.54) is 340 Å². The molecule has 1 amide bonds. The minimum atomic E-state index is -0.664. The Morgan fingerprint density at radius 2 is 0.595 bits per heavy atom. The van der Waals surface area contributed by atoms with Gasteiger partial charge in [-0.05, 0) is 83.5 Å². The molecule has 0 spiro atoms. The lowest BCUT2D eigenvalue weighted by Crippen LogP contribution is -2.45. The molecule has 6 nitrogen and oxygen atoms in total. The van der Waals surface area contributed by atoms with Crippen LogP contribution in [0.1, 0.15) is 425 Å². The summed E-state index contributed by atoms with van der Waals surface area (Å²) in [6.45, 7) is 4.97. The van der Waals surface area contributed by atoms with Gasteiger partial charge >= 0.3 is 5.97 Å². The highest BCUT2D eigenvalue weighted by Crippen LogP contribution is 2.19. The van der Waals surface area contributed by atoms with Crippen LogP contribution in [0, 0.1) is 0 Å². The number of esters is 1. The Morgan fingerprint density at radius 1 is 0.333 bits per heavy atom. The zero-order valence-corrected chi connectivity index (χ0v) is 56.9. The Hall–Kier alpha value is -1.92. The van der Waals surface area contributed by atoms with Crippen molar-refractivity contribution in [2.24, 2.45) is 0 Å². The zero-order valence-electron chi connectivity index (χ0n) is 56.9. The number of amides is 1. The summed E-state index contributed by atoms with van der Waals surface area (Å²) in [6, 6.07) is -0.541. The van der Waals surface area contributed by atoms with Crippen LogP contribution in [0.25, 0.3) is 0 Å². The van der Waals surface area contributed by atoms with E-state index in [9.17, 15) is 19.8 Å². The first-order valence-corrected chi connectivity index (χ1v) is 38.2. The molecule has 0 aromatic carbocycles. The maximum absolute atomic E-state index is 12.6. The van der Waals surface area contributed by atoms with Crippen molar-refractivity contribution in [2.45, 2.75) is 437 Å². The number of carbonyl (C=O) groups excluding carboxylic acids is 2. The predicted molar refractivity (Wildman–Crippen MR) is 370 cm³/mol. The molecule has 0 radical (unpaired) electrons. The quantitative estimate of drug-likeness (QED) is 0.0320. The molecule has 0 fully saturated rings. The van der Waals surface area contributed by atoms with E-state index in [0.29, 0.717) is 25.9 Å². The van der Waals surface area contributed by atoms with E-state index in [-0.39, 0.29) is 18.5 Å². The van der Waals surface area contributed by atoms with Gasteiger partial charge in [0.2, 0.25) is 5.91 Å². The molecular formula is C78H149NO5. The van der Waals surface area contributed by atoms with Crippen molar-refractivity contribution in [3.8, 4) is 0 Å². The molecule has 0 bridgehead atoms. The fourth-order valence-electron chi connectivity index (χ4n) is 12.1. The predicted octanol–water partition coefficient (Wildman–Crippen LogP) is 25.0. The first-order valence-electron chi connectivity index (χ1n) is 38.2. The van der Waals surface area contributed by atoms with Crippen molar-refractivity contribution in [3.05, 3.63) is 36.5 Å². The van der Waals surface area contributed by atoms with Gasteiger partial charge in [0.1, 0.15) is 0 Å². The zero-order chi connectivity index (χ0) is 60.6. The fourth-order valence-corrected chi connectivity index (χ4v) is 12.1. The maximum Gasteiger partial charge on any atom is 0.305 e. The third-order valence-corrected chi connectivity index (χ3v) is 17.9. The number of nitrogens with one attached hydrogen (secondary N) is 1. The van der Waals surface area contributed by atoms with Crippen LogP contribution < -0.4 is 5.32 Å². The monoisotopic (exact) mass is 1180 g/mol. The molecule has 3 N–H and O–H groups in total. The van der Waals surface area contributed by atoms with Gasteiger partial charge in [-0.1, -0.05) is 365 Å². The second kappa shape index (κ2) is 73.5. The number of aliphatic hydroxyl groups excluding tert-OH is 2. The first-order chi connectivity index (χ1) is 41.5. The number of carbonyl (C=O) groups is 2. The topological polar surface area (TPSA) is 95.9 Å². The van der Waals surface area contributed by atoms with Crippen molar-refractivity contribution in [1.29, 1.82) is 0 Å². The molecule has 0 rings (SSSR count). The second-order valence-electron chi connectivity index (χ2n) is 26.3. The van der Waals surface area contributed by atoms with Crippen LogP contribution in [-0.4, -0.2) is 47.4 Å². The van der Waals surface area contributed by atoms with Gasteiger partial charge < -0.3 is 20.3 Å². The minimum Gasteiger partial charge on any atom is -0.466 e. The third kappa shape index (κ3) is 69.2. The van der Waals surface area contributed by atoms with Gasteiger partial charge in [0.25, 0.3) is 0 Å². The van der Waals surface area contributed by atoms with E-state index < -0.39 is 12.1 Å². The molecule has 0 aromatic rings. The average Bonchev–Trinajstić information content (AvgIpc) is 3.51. The van der Waals surface area contributed by atoms with Crippen LogP contribution in [0.5, 0.6) is 0 Å². The van der Waals surface area contributed by atoms with Crippen LogP contribution in [0.15, 0.2) is 36.5 Å². The summed E-state index contributed by atoms with van der Waals surface area (Å²) in [7, 11) is 0. The Morgan fingerprint density at radius 3 is 0.929 bits per heavy atom. The lowest BCUT2D eigenvalue weighted by atomic mass is 10.0. The summed E-state index contributed by atoms with van der Waals surface area (Å²) in [6.07, 6.45) is 95.1. The number of ether oxygens (including phenoxy) is 1. The van der Waals surface area contributed by atoms with Crippen molar-refractivity contribution >= 4 is 11.9 Å². The molecule has 2 unspecified atom stereocenters. The Labute approximate surface area is 525 Å². The maximum atomic E-state index is 12.6. The Kier molecular flexibility index (Phi) is 71.9. The van der Waals surface area contributed by atoms with Crippen LogP contribution >= 0.6 is 0 Å². The lowest BCUT2D eigenvalue weighted by Gasteiger charge is -2.22. The van der Waals surface area contributed by atoms with E-state index in [0.717, 1.165) is 51.4 Å². The van der Waals surface area contributed by atoms with Gasteiger partial charge in [-0.2, -0.15) is 0 Å². The lowest BCUT2D eigenvalue weighted by molar-refractivity contribution is -0.143. The van der Waals surface area contributed by atoms with E-state index in [2.05, 4.69) is 55.6 Å². The summed E-state index contributed by atoms with van der Waals surface area (Å²) in [5, 5.41) is 23.4. The van der Waals surface area contributed by atoms with Gasteiger partial charge in [-0.15, -0.1) is 0 Å². The minimum absolute atomic E-state index is 0.00544. The fraction of sp³-hybridized carbons (Fsp3) is 0.897. The van der Waals surface area contributed by atoms with E-state index >= 15 is 0 Å². The standard InChI is InChI=1S/C78H149NO5/c1-3-5-7-9-11-13-15-17-18-19-20-34-37-40-43-47-50-54-58-62-66-70-76(81)75(74-80)79-77(82)71-67-63-59-55-51-48-44-41-38-35-32-30-28-26-24-22-21-23-25-27-29-31-33-36-39-42-45-49-53-57-61-65-69-73-84-78(83)72-68-64-60-56-52-46-16-14-12-10-8-6-4-2/h14,16,25,27,31,33,75-76,80-81H,3-13,15,17-24,26,28-30,32,34-74H2,1-2H3,(H,79,82)/b16-14-,27-25-,33-31-. The molecule has 2 atom stereocenters. The Balaban J connectivity index is 3.38.